The molecule has 2 aromatic carbocycles. The molecule has 0 unspecified atom stereocenters. The van der Waals surface area contributed by atoms with E-state index in [9.17, 15) is 14.9 Å². The second-order valence-electron chi connectivity index (χ2n) is 4.64. The van der Waals surface area contributed by atoms with Crippen LogP contribution in [0.1, 0.15) is 10.4 Å². The maximum Gasteiger partial charge on any atom is 0.270 e. The quantitative estimate of drug-likeness (QED) is 0.581. The Kier molecular flexibility index (Phi) is 4.11. The maximum atomic E-state index is 12.5. The third-order valence-corrected chi connectivity index (χ3v) is 3.88. The number of nitro groups is 1. The first-order valence-corrected chi connectivity index (χ1v) is 7.58. The van der Waals surface area contributed by atoms with Crippen molar-refractivity contribution in [1.82, 2.24) is 4.98 Å². The van der Waals surface area contributed by atoms with Gasteiger partial charge in [0.1, 0.15) is 0 Å². The van der Waals surface area contributed by atoms with Gasteiger partial charge < -0.3 is 0 Å². The predicted octanol–water partition coefficient (Wildman–Crippen LogP) is 3.97. The Morgan fingerprint density at radius 1 is 1.17 bits per heavy atom. The molecule has 1 amide bonds. The van der Waals surface area contributed by atoms with Crippen LogP contribution in [-0.4, -0.2) is 15.8 Å². The summed E-state index contributed by atoms with van der Waals surface area (Å²) in [4.78, 5) is 27.0. The van der Waals surface area contributed by atoms with Gasteiger partial charge in [-0.15, -0.1) is 11.3 Å². The lowest BCUT2D eigenvalue weighted by molar-refractivity contribution is -0.384. The Balaban J connectivity index is 2.05. The van der Waals surface area contributed by atoms with Crippen molar-refractivity contribution in [2.45, 2.75) is 0 Å². The molecule has 6 nitrogen and oxygen atoms in total. The van der Waals surface area contributed by atoms with Gasteiger partial charge in [-0.1, -0.05) is 30.3 Å². The molecule has 0 aliphatic rings. The Morgan fingerprint density at radius 3 is 2.61 bits per heavy atom. The van der Waals surface area contributed by atoms with E-state index in [0.717, 1.165) is 5.56 Å². The molecule has 114 valence electrons. The fourth-order valence-electron chi connectivity index (χ4n) is 2.15. The number of hydrogen-bond acceptors (Lipinski definition) is 5. The number of nitrogens with one attached hydrogen (secondary N) is 1. The summed E-state index contributed by atoms with van der Waals surface area (Å²) in [5.41, 5.74) is 1.54. The van der Waals surface area contributed by atoms with Gasteiger partial charge >= 0.3 is 0 Å². The van der Waals surface area contributed by atoms with E-state index < -0.39 is 4.92 Å². The lowest BCUT2D eigenvalue weighted by atomic mass is 9.98. The number of non-ortho nitro benzene ring substituents is 1. The van der Waals surface area contributed by atoms with Gasteiger partial charge in [0.25, 0.3) is 11.6 Å². The molecular formula is C16H11N3O3S. The van der Waals surface area contributed by atoms with E-state index in [2.05, 4.69) is 10.3 Å². The van der Waals surface area contributed by atoms with Gasteiger partial charge in [-0.25, -0.2) is 4.98 Å². The molecule has 0 atom stereocenters. The van der Waals surface area contributed by atoms with Crippen LogP contribution >= 0.6 is 11.3 Å². The molecule has 0 spiro atoms. The third-order valence-electron chi connectivity index (χ3n) is 3.20. The topological polar surface area (TPSA) is 85.1 Å². The van der Waals surface area contributed by atoms with Crippen LogP contribution < -0.4 is 5.32 Å². The molecule has 1 N–H and O–H groups in total. The minimum atomic E-state index is -0.477. The number of carbonyl (C=O) groups excluding carboxylic acids is 1. The molecular weight excluding hydrogens is 314 g/mol. The van der Waals surface area contributed by atoms with E-state index in [4.69, 9.17) is 0 Å². The fourth-order valence-corrected chi connectivity index (χ4v) is 2.67. The highest BCUT2D eigenvalue weighted by Gasteiger charge is 2.18. The summed E-state index contributed by atoms with van der Waals surface area (Å²) in [6, 6.07) is 13.3. The van der Waals surface area contributed by atoms with E-state index in [1.165, 1.54) is 29.5 Å². The van der Waals surface area contributed by atoms with Crippen LogP contribution in [0.5, 0.6) is 0 Å². The number of carbonyl (C=O) groups is 1. The summed E-state index contributed by atoms with van der Waals surface area (Å²) in [5.74, 6) is -0.353. The molecule has 1 aromatic heterocycles. The smallest absolute Gasteiger partial charge is 0.270 e. The van der Waals surface area contributed by atoms with E-state index in [-0.39, 0.29) is 11.6 Å². The molecule has 3 aromatic rings. The lowest BCUT2D eigenvalue weighted by Gasteiger charge is -2.09. The average Bonchev–Trinajstić information content (AvgIpc) is 3.08. The number of thiazole rings is 1. The van der Waals surface area contributed by atoms with Gasteiger partial charge in [0, 0.05) is 34.8 Å². The van der Waals surface area contributed by atoms with E-state index >= 15 is 0 Å². The van der Waals surface area contributed by atoms with Crippen molar-refractivity contribution in [2.75, 3.05) is 5.32 Å². The normalized spacial score (nSPS) is 10.3. The van der Waals surface area contributed by atoms with Gasteiger partial charge in [-0.3, -0.25) is 20.2 Å². The highest BCUT2D eigenvalue weighted by molar-refractivity contribution is 7.13. The second-order valence-corrected chi connectivity index (χ2v) is 5.54. The Labute approximate surface area is 135 Å². The number of aromatic nitrogens is 1. The zero-order chi connectivity index (χ0) is 16.2. The lowest BCUT2D eigenvalue weighted by Crippen LogP contribution is -2.13. The minimum Gasteiger partial charge on any atom is -0.298 e. The van der Waals surface area contributed by atoms with Gasteiger partial charge in [0.2, 0.25) is 0 Å². The molecule has 0 aliphatic heterocycles. The summed E-state index contributed by atoms with van der Waals surface area (Å²) in [6.45, 7) is 0. The van der Waals surface area contributed by atoms with E-state index in [0.29, 0.717) is 16.3 Å². The van der Waals surface area contributed by atoms with Crippen molar-refractivity contribution in [2.24, 2.45) is 0 Å². The predicted molar refractivity (Wildman–Crippen MR) is 88.6 cm³/mol. The third kappa shape index (κ3) is 3.24. The average molecular weight is 325 g/mol. The molecule has 0 aliphatic carbocycles. The number of nitro benzene ring substituents is 1. The van der Waals surface area contributed by atoms with Crippen LogP contribution in [0.15, 0.2) is 60.1 Å². The number of rotatable bonds is 4. The largest absolute Gasteiger partial charge is 0.298 e. The molecule has 1 heterocycles. The number of anilines is 1. The Morgan fingerprint density at radius 2 is 1.96 bits per heavy atom. The first kappa shape index (κ1) is 14.9. The summed E-state index contributed by atoms with van der Waals surface area (Å²) in [5, 5.41) is 15.9. The monoisotopic (exact) mass is 325 g/mol. The maximum absolute atomic E-state index is 12.5. The van der Waals surface area contributed by atoms with Crippen molar-refractivity contribution >= 4 is 28.1 Å². The highest BCUT2D eigenvalue weighted by Crippen LogP contribution is 2.28. The molecule has 0 radical (unpaired) electrons. The summed E-state index contributed by atoms with van der Waals surface area (Å²) in [7, 11) is 0. The van der Waals surface area contributed by atoms with Crippen molar-refractivity contribution < 1.29 is 9.72 Å². The Bertz CT molecular complexity index is 848. The van der Waals surface area contributed by atoms with Gasteiger partial charge in [0.15, 0.2) is 5.13 Å². The number of amides is 1. The number of benzene rings is 2. The molecule has 23 heavy (non-hydrogen) atoms. The van der Waals surface area contributed by atoms with Gasteiger partial charge in [0.05, 0.1) is 4.92 Å². The Hall–Kier alpha value is -3.06. The van der Waals surface area contributed by atoms with Crippen LogP contribution in [0.3, 0.4) is 0 Å². The summed E-state index contributed by atoms with van der Waals surface area (Å²) >= 11 is 1.30. The SMILES string of the molecule is O=C(Nc1nccs1)c1ccc([N+](=O)[O-])cc1-c1ccccc1. The zero-order valence-electron chi connectivity index (χ0n) is 11.8. The summed E-state index contributed by atoms with van der Waals surface area (Å²) < 4.78 is 0. The van der Waals surface area contributed by atoms with Crippen LogP contribution in [0.4, 0.5) is 10.8 Å². The van der Waals surface area contributed by atoms with Gasteiger partial charge in [-0.05, 0) is 11.6 Å². The molecule has 0 bridgehead atoms. The van der Waals surface area contributed by atoms with Crippen molar-refractivity contribution in [3.63, 3.8) is 0 Å². The van der Waals surface area contributed by atoms with Crippen LogP contribution in [0, 0.1) is 10.1 Å². The van der Waals surface area contributed by atoms with Crippen LogP contribution in [0.25, 0.3) is 11.1 Å². The summed E-state index contributed by atoms with van der Waals surface area (Å²) in [6.07, 6.45) is 1.59. The number of hydrogen-bond donors (Lipinski definition) is 1. The van der Waals surface area contributed by atoms with Crippen LogP contribution in [0.2, 0.25) is 0 Å². The van der Waals surface area contributed by atoms with Crippen molar-refractivity contribution in [3.05, 3.63) is 75.8 Å². The molecule has 7 heteroatoms. The van der Waals surface area contributed by atoms with Gasteiger partial charge in [-0.2, -0.15) is 0 Å². The first-order valence-electron chi connectivity index (χ1n) is 6.70. The number of nitrogens with zero attached hydrogens (tertiary/aromatic N) is 2. The molecule has 0 saturated carbocycles. The van der Waals surface area contributed by atoms with E-state index in [1.54, 1.807) is 23.7 Å². The van der Waals surface area contributed by atoms with Crippen molar-refractivity contribution in [3.8, 4) is 11.1 Å². The van der Waals surface area contributed by atoms with Crippen LogP contribution in [-0.2, 0) is 0 Å². The standard InChI is InChI=1S/C16H11N3O3S/c20-15(18-16-17-8-9-23-16)13-7-6-12(19(21)22)10-14(13)11-4-2-1-3-5-11/h1-10H,(H,17,18,20). The first-order chi connectivity index (χ1) is 11.1. The zero-order valence-corrected chi connectivity index (χ0v) is 12.6. The second kappa shape index (κ2) is 6.37. The highest BCUT2D eigenvalue weighted by atomic mass is 32.1. The fraction of sp³-hybridized carbons (Fsp3) is 0. The van der Waals surface area contributed by atoms with E-state index in [1.807, 2.05) is 18.2 Å². The molecule has 3 rings (SSSR count). The minimum absolute atomic E-state index is 0.0605. The molecule has 0 saturated heterocycles. The molecule has 0 fully saturated rings. The van der Waals surface area contributed by atoms with Crippen molar-refractivity contribution in [1.29, 1.82) is 0 Å².